The normalized spacial score (nSPS) is 11.7. The van der Waals surface area contributed by atoms with Gasteiger partial charge in [-0.3, -0.25) is 9.59 Å². The first-order chi connectivity index (χ1) is 22.9. The summed E-state index contributed by atoms with van der Waals surface area (Å²) < 4.78 is 1.91. The standard InChI is InChI=1S/C42H79N3O2/c1-5-7-9-11-13-15-17-19-21-23-25-27-29-31-33-35-39(46)41-43-37-38-45(41)42(3,4)44-40(47)36-34-32-30-28-26-24-22-20-18-16-14-12-10-8-6-2/h37-38H,5-36H2,1-4H3,(H,44,47)/p+1. The largest absolute Gasteiger partial charge is 0.325 e. The highest BCUT2D eigenvalue weighted by atomic mass is 16.2. The number of hydrogen-bond acceptors (Lipinski definition) is 2. The number of ketones is 1. The summed E-state index contributed by atoms with van der Waals surface area (Å²) in [5, 5.41) is 3.18. The molecule has 0 fully saturated rings. The van der Waals surface area contributed by atoms with Gasteiger partial charge >= 0.3 is 5.82 Å². The van der Waals surface area contributed by atoms with Crippen molar-refractivity contribution in [3.8, 4) is 0 Å². The van der Waals surface area contributed by atoms with Gasteiger partial charge in [0.15, 0.2) is 5.66 Å². The van der Waals surface area contributed by atoms with E-state index >= 15 is 0 Å². The minimum absolute atomic E-state index is 0.0687. The molecule has 0 aliphatic rings. The first-order valence-electron chi connectivity index (χ1n) is 20.9. The molecule has 0 radical (unpaired) electrons. The number of aromatic nitrogens is 2. The molecular formula is C42H80N3O2+. The zero-order valence-corrected chi connectivity index (χ0v) is 32.0. The number of Topliss-reactive ketones (excluding diaryl/α,β-unsaturated/α-hetero) is 1. The lowest BCUT2D eigenvalue weighted by Gasteiger charge is -2.24. The van der Waals surface area contributed by atoms with Crippen molar-refractivity contribution in [2.45, 2.75) is 239 Å². The maximum Gasteiger partial charge on any atom is 0.325 e. The number of carbonyl (C=O) groups excluding carboxylic acids is 2. The second kappa shape index (κ2) is 30.4. The monoisotopic (exact) mass is 659 g/mol. The molecule has 1 aromatic rings. The van der Waals surface area contributed by atoms with Crippen molar-refractivity contribution in [1.82, 2.24) is 10.3 Å². The van der Waals surface area contributed by atoms with Gasteiger partial charge in [0.05, 0.1) is 0 Å². The number of nitrogens with one attached hydrogen (secondary N) is 2. The molecule has 0 unspecified atom stereocenters. The van der Waals surface area contributed by atoms with E-state index in [1.54, 1.807) is 0 Å². The summed E-state index contributed by atoms with van der Waals surface area (Å²) in [6, 6.07) is 0. The van der Waals surface area contributed by atoms with Crippen LogP contribution in [0.25, 0.3) is 0 Å². The third kappa shape index (κ3) is 24.2. The van der Waals surface area contributed by atoms with Crippen LogP contribution in [-0.4, -0.2) is 16.7 Å². The first kappa shape index (κ1) is 43.4. The zero-order valence-electron chi connectivity index (χ0n) is 32.0. The molecule has 0 bridgehead atoms. The minimum atomic E-state index is -0.646. The third-order valence-corrected chi connectivity index (χ3v) is 10.0. The van der Waals surface area contributed by atoms with Crippen molar-refractivity contribution >= 4 is 11.7 Å². The number of hydrogen-bond donors (Lipinski definition) is 2. The van der Waals surface area contributed by atoms with Crippen molar-refractivity contribution in [1.29, 1.82) is 0 Å². The zero-order chi connectivity index (χ0) is 34.3. The van der Waals surface area contributed by atoms with Crippen LogP contribution < -0.4 is 9.88 Å². The predicted molar refractivity (Wildman–Crippen MR) is 202 cm³/mol. The molecule has 1 amide bonds. The van der Waals surface area contributed by atoms with Crippen LogP contribution in [0.4, 0.5) is 0 Å². The number of aromatic amines is 1. The van der Waals surface area contributed by atoms with Gasteiger partial charge in [-0.05, 0) is 26.7 Å². The van der Waals surface area contributed by atoms with Gasteiger partial charge in [-0.1, -0.05) is 194 Å². The first-order valence-corrected chi connectivity index (χ1v) is 20.9. The number of carbonyl (C=O) groups is 2. The molecule has 0 saturated heterocycles. The average molecular weight is 659 g/mol. The van der Waals surface area contributed by atoms with Gasteiger partial charge in [0, 0.05) is 12.8 Å². The number of unbranched alkanes of at least 4 members (excludes halogenated alkanes) is 28. The Morgan fingerprint density at radius 3 is 1.21 bits per heavy atom. The highest BCUT2D eigenvalue weighted by Gasteiger charge is 2.33. The van der Waals surface area contributed by atoms with Gasteiger partial charge in [0.25, 0.3) is 0 Å². The molecule has 0 aliphatic carbocycles. The summed E-state index contributed by atoms with van der Waals surface area (Å²) in [5.74, 6) is 0.793. The number of H-pyrrole nitrogens is 1. The molecule has 1 aromatic heterocycles. The van der Waals surface area contributed by atoms with Crippen LogP contribution in [0, 0.1) is 0 Å². The van der Waals surface area contributed by atoms with Gasteiger partial charge in [-0.25, -0.2) is 9.55 Å². The molecular weight excluding hydrogens is 578 g/mol. The van der Waals surface area contributed by atoms with Crippen LogP contribution in [0.5, 0.6) is 0 Å². The third-order valence-electron chi connectivity index (χ3n) is 10.0. The van der Waals surface area contributed by atoms with Gasteiger partial charge in [0.2, 0.25) is 11.7 Å². The highest BCUT2D eigenvalue weighted by molar-refractivity contribution is 5.91. The van der Waals surface area contributed by atoms with E-state index in [9.17, 15) is 9.59 Å². The number of amides is 1. The fourth-order valence-corrected chi connectivity index (χ4v) is 6.91. The van der Waals surface area contributed by atoms with Crippen LogP contribution in [-0.2, 0) is 10.5 Å². The number of rotatable bonds is 35. The quantitative estimate of drug-likeness (QED) is 0.0433. The summed E-state index contributed by atoms with van der Waals surface area (Å²) in [5.41, 5.74) is -0.646. The summed E-state index contributed by atoms with van der Waals surface area (Å²) in [6.07, 6.45) is 44.5. The molecule has 1 heterocycles. The minimum Gasteiger partial charge on any atom is -0.315 e. The Kier molecular flexibility index (Phi) is 28.1. The molecule has 2 N–H and O–H groups in total. The van der Waals surface area contributed by atoms with E-state index in [1.807, 2.05) is 30.8 Å². The van der Waals surface area contributed by atoms with Gasteiger partial charge in [-0.2, -0.15) is 0 Å². The molecule has 0 aromatic carbocycles. The Labute approximate surface area is 292 Å². The average Bonchev–Trinajstić information content (AvgIpc) is 3.56. The fourth-order valence-electron chi connectivity index (χ4n) is 6.91. The van der Waals surface area contributed by atoms with E-state index in [2.05, 4.69) is 24.1 Å². The highest BCUT2D eigenvalue weighted by Crippen LogP contribution is 2.16. The SMILES string of the molecule is CCCCCCCCCCCCCCCCCC(=O)NC(C)(C)[n+]1cc[nH]c1C(=O)CCCCCCCCCCCCCCCCC. The van der Waals surface area contributed by atoms with E-state index in [0.717, 1.165) is 25.7 Å². The van der Waals surface area contributed by atoms with Crippen molar-refractivity contribution in [3.05, 3.63) is 18.2 Å². The molecule has 5 nitrogen and oxygen atoms in total. The second-order valence-electron chi connectivity index (χ2n) is 15.1. The summed E-state index contributed by atoms with van der Waals surface area (Å²) in [6.45, 7) is 8.53. The Balaban J connectivity index is 2.08. The van der Waals surface area contributed by atoms with Crippen molar-refractivity contribution in [3.63, 3.8) is 0 Å². The lowest BCUT2D eigenvalue weighted by molar-refractivity contribution is -0.762. The summed E-state index contributed by atoms with van der Waals surface area (Å²) in [7, 11) is 0. The molecule has 0 aliphatic heterocycles. The lowest BCUT2D eigenvalue weighted by Crippen LogP contribution is -2.64. The van der Waals surface area contributed by atoms with E-state index in [1.165, 1.54) is 167 Å². The van der Waals surface area contributed by atoms with Gasteiger partial charge in [0.1, 0.15) is 12.4 Å². The number of imidazole rings is 1. The second-order valence-corrected chi connectivity index (χ2v) is 15.1. The molecule has 5 heteroatoms. The summed E-state index contributed by atoms with van der Waals surface area (Å²) in [4.78, 5) is 29.0. The molecule has 0 saturated carbocycles. The maximum atomic E-state index is 13.1. The Morgan fingerprint density at radius 2 is 0.851 bits per heavy atom. The molecule has 1 rings (SSSR count). The van der Waals surface area contributed by atoms with Crippen LogP contribution in [0.15, 0.2) is 12.4 Å². The van der Waals surface area contributed by atoms with Gasteiger partial charge < -0.3 is 5.32 Å². The molecule has 47 heavy (non-hydrogen) atoms. The Morgan fingerprint density at radius 1 is 0.532 bits per heavy atom. The molecule has 0 spiro atoms. The Bertz CT molecular complexity index is 862. The molecule has 274 valence electrons. The topological polar surface area (TPSA) is 65.8 Å². The van der Waals surface area contributed by atoms with Crippen LogP contribution in [0.3, 0.4) is 0 Å². The van der Waals surface area contributed by atoms with Crippen LogP contribution in [0.1, 0.15) is 244 Å². The lowest BCUT2D eigenvalue weighted by atomic mass is 10.0. The van der Waals surface area contributed by atoms with Crippen molar-refractivity contribution in [2.75, 3.05) is 0 Å². The maximum absolute atomic E-state index is 13.1. The van der Waals surface area contributed by atoms with E-state index in [4.69, 9.17) is 0 Å². The van der Waals surface area contributed by atoms with Gasteiger partial charge in [-0.15, -0.1) is 0 Å². The van der Waals surface area contributed by atoms with E-state index in [-0.39, 0.29) is 11.7 Å². The van der Waals surface area contributed by atoms with E-state index in [0.29, 0.717) is 18.7 Å². The fraction of sp³-hybridized carbons (Fsp3) is 0.881. The van der Waals surface area contributed by atoms with E-state index < -0.39 is 5.66 Å². The van der Waals surface area contributed by atoms with Crippen molar-refractivity contribution < 1.29 is 14.2 Å². The predicted octanol–water partition coefficient (Wildman–Crippen LogP) is 12.8. The van der Waals surface area contributed by atoms with Crippen LogP contribution in [0.2, 0.25) is 0 Å². The van der Waals surface area contributed by atoms with Crippen molar-refractivity contribution in [2.24, 2.45) is 0 Å². The molecule has 0 atom stereocenters. The van der Waals surface area contributed by atoms with Crippen LogP contribution >= 0.6 is 0 Å². The summed E-state index contributed by atoms with van der Waals surface area (Å²) >= 11 is 0. The smallest absolute Gasteiger partial charge is 0.315 e. The Hall–Kier alpha value is -1.65. The number of nitrogens with zero attached hydrogens (tertiary/aromatic N) is 1.